The van der Waals surface area contributed by atoms with Crippen molar-refractivity contribution in [2.45, 2.75) is 52.4 Å². The molecule has 88 valence electrons. The van der Waals surface area contributed by atoms with Crippen molar-refractivity contribution in [3.05, 3.63) is 16.0 Å². The summed E-state index contributed by atoms with van der Waals surface area (Å²) in [6.45, 7) is 4.17. The van der Waals surface area contributed by atoms with E-state index in [4.69, 9.17) is 0 Å². The van der Waals surface area contributed by atoms with Crippen LogP contribution in [0.15, 0.2) is 0 Å². The number of nitrogens with one attached hydrogen (secondary N) is 1. The van der Waals surface area contributed by atoms with Crippen molar-refractivity contribution in [2.75, 3.05) is 5.32 Å². The summed E-state index contributed by atoms with van der Waals surface area (Å²) in [6.07, 6.45) is 6.53. The van der Waals surface area contributed by atoms with Gasteiger partial charge < -0.3 is 5.32 Å². The highest BCUT2D eigenvalue weighted by molar-refractivity contribution is 7.16. The van der Waals surface area contributed by atoms with Gasteiger partial charge >= 0.3 is 0 Å². The monoisotopic (exact) mass is 237 g/mol. The first-order valence-electron chi connectivity index (χ1n) is 6.13. The van der Waals surface area contributed by atoms with Crippen LogP contribution in [0.4, 0.5) is 5.00 Å². The van der Waals surface area contributed by atoms with Gasteiger partial charge in [-0.3, -0.25) is 4.79 Å². The summed E-state index contributed by atoms with van der Waals surface area (Å²) < 4.78 is 0. The van der Waals surface area contributed by atoms with Crippen LogP contribution >= 0.6 is 11.3 Å². The molecule has 0 bridgehead atoms. The van der Waals surface area contributed by atoms with Crippen molar-refractivity contribution in [3.8, 4) is 0 Å². The van der Waals surface area contributed by atoms with Crippen molar-refractivity contribution in [2.24, 2.45) is 0 Å². The Labute approximate surface area is 101 Å². The number of hydrogen-bond donors (Lipinski definition) is 1. The lowest BCUT2D eigenvalue weighted by Crippen LogP contribution is -2.10. The maximum atomic E-state index is 11.6. The zero-order valence-corrected chi connectivity index (χ0v) is 10.9. The molecule has 1 aliphatic rings. The molecule has 3 heteroatoms. The average molecular weight is 237 g/mol. The van der Waals surface area contributed by atoms with E-state index in [-0.39, 0.29) is 5.91 Å². The van der Waals surface area contributed by atoms with Gasteiger partial charge in [0.1, 0.15) is 0 Å². The van der Waals surface area contributed by atoms with E-state index in [2.05, 4.69) is 12.2 Å². The molecule has 1 heterocycles. The Morgan fingerprint density at radius 3 is 2.81 bits per heavy atom. The number of aryl methyl sites for hydroxylation is 1. The first-order chi connectivity index (χ1) is 7.72. The predicted octanol–water partition coefficient (Wildman–Crippen LogP) is 3.67. The normalized spacial score (nSPS) is 14.6. The van der Waals surface area contributed by atoms with Gasteiger partial charge in [0.25, 0.3) is 0 Å². The zero-order valence-electron chi connectivity index (χ0n) is 10.1. The largest absolute Gasteiger partial charge is 0.317 e. The van der Waals surface area contributed by atoms with Crippen LogP contribution in [0.25, 0.3) is 0 Å². The zero-order chi connectivity index (χ0) is 11.5. The summed E-state index contributed by atoms with van der Waals surface area (Å²) in [7, 11) is 0. The molecule has 0 fully saturated rings. The second-order valence-electron chi connectivity index (χ2n) is 4.46. The molecular formula is C13H19NOS. The van der Waals surface area contributed by atoms with E-state index >= 15 is 0 Å². The Hall–Kier alpha value is -0.830. The number of fused-ring (bicyclic) bond motifs is 1. The van der Waals surface area contributed by atoms with Gasteiger partial charge in [0.15, 0.2) is 0 Å². The van der Waals surface area contributed by atoms with E-state index in [0.717, 1.165) is 11.4 Å². The fourth-order valence-electron chi connectivity index (χ4n) is 2.26. The third-order valence-electron chi connectivity index (χ3n) is 3.17. The summed E-state index contributed by atoms with van der Waals surface area (Å²) >= 11 is 1.78. The van der Waals surface area contributed by atoms with Gasteiger partial charge in [-0.1, -0.05) is 6.92 Å². The van der Waals surface area contributed by atoms with Gasteiger partial charge in [-0.2, -0.15) is 0 Å². The molecule has 0 aliphatic heterocycles. The van der Waals surface area contributed by atoms with Crippen LogP contribution in [-0.2, 0) is 17.6 Å². The smallest absolute Gasteiger partial charge is 0.224 e. The topological polar surface area (TPSA) is 29.1 Å². The van der Waals surface area contributed by atoms with Gasteiger partial charge in [-0.05, 0) is 50.2 Å². The molecule has 2 rings (SSSR count). The SMILES string of the molecule is CCCC(=O)Nc1sc2c(c1C)CCCC2. The number of amides is 1. The average Bonchev–Trinajstić information content (AvgIpc) is 2.57. The molecule has 0 aromatic carbocycles. The van der Waals surface area contributed by atoms with Crippen molar-refractivity contribution < 1.29 is 4.79 Å². The maximum Gasteiger partial charge on any atom is 0.224 e. The van der Waals surface area contributed by atoms with Crippen LogP contribution in [-0.4, -0.2) is 5.91 Å². The van der Waals surface area contributed by atoms with Crippen LogP contribution in [0.5, 0.6) is 0 Å². The van der Waals surface area contributed by atoms with E-state index in [0.29, 0.717) is 6.42 Å². The third kappa shape index (κ3) is 2.29. The quantitative estimate of drug-likeness (QED) is 0.853. The fraction of sp³-hybridized carbons (Fsp3) is 0.615. The van der Waals surface area contributed by atoms with Crippen LogP contribution < -0.4 is 5.32 Å². The second-order valence-corrected chi connectivity index (χ2v) is 5.57. The van der Waals surface area contributed by atoms with Gasteiger partial charge in [-0.25, -0.2) is 0 Å². The van der Waals surface area contributed by atoms with Crippen molar-refractivity contribution in [1.82, 2.24) is 0 Å². The van der Waals surface area contributed by atoms with E-state index < -0.39 is 0 Å². The highest BCUT2D eigenvalue weighted by Crippen LogP contribution is 2.37. The Balaban J connectivity index is 2.15. The minimum atomic E-state index is 0.157. The number of carbonyl (C=O) groups is 1. The third-order valence-corrected chi connectivity index (χ3v) is 4.48. The van der Waals surface area contributed by atoms with Crippen molar-refractivity contribution in [1.29, 1.82) is 0 Å². The number of hydrogen-bond acceptors (Lipinski definition) is 2. The van der Waals surface area contributed by atoms with E-state index in [1.165, 1.54) is 41.7 Å². The minimum Gasteiger partial charge on any atom is -0.317 e. The number of thiophene rings is 1. The molecule has 0 saturated carbocycles. The molecule has 0 unspecified atom stereocenters. The summed E-state index contributed by atoms with van der Waals surface area (Å²) in [4.78, 5) is 13.1. The van der Waals surface area contributed by atoms with E-state index in [1.54, 1.807) is 11.3 Å². The van der Waals surface area contributed by atoms with Gasteiger partial charge in [0.2, 0.25) is 5.91 Å². The Morgan fingerprint density at radius 1 is 1.38 bits per heavy atom. The molecule has 1 amide bonds. The maximum absolute atomic E-state index is 11.6. The van der Waals surface area contributed by atoms with Crippen LogP contribution in [0.3, 0.4) is 0 Å². The van der Waals surface area contributed by atoms with Gasteiger partial charge in [0.05, 0.1) is 5.00 Å². The molecule has 16 heavy (non-hydrogen) atoms. The lowest BCUT2D eigenvalue weighted by atomic mass is 9.96. The molecule has 1 aliphatic carbocycles. The second kappa shape index (κ2) is 5.00. The predicted molar refractivity (Wildman–Crippen MR) is 69.2 cm³/mol. The lowest BCUT2D eigenvalue weighted by molar-refractivity contribution is -0.116. The summed E-state index contributed by atoms with van der Waals surface area (Å²) in [5, 5.41) is 4.14. The molecule has 1 N–H and O–H groups in total. The Morgan fingerprint density at radius 2 is 2.12 bits per heavy atom. The number of carbonyl (C=O) groups excluding carboxylic acids is 1. The Kier molecular flexibility index (Phi) is 3.64. The lowest BCUT2D eigenvalue weighted by Gasteiger charge is -2.10. The van der Waals surface area contributed by atoms with Crippen molar-refractivity contribution >= 4 is 22.2 Å². The minimum absolute atomic E-state index is 0.157. The highest BCUT2D eigenvalue weighted by Gasteiger charge is 2.18. The van der Waals surface area contributed by atoms with E-state index in [1.807, 2.05) is 6.92 Å². The molecule has 0 spiro atoms. The first kappa shape index (κ1) is 11.6. The Bertz CT molecular complexity index is 395. The molecule has 0 radical (unpaired) electrons. The molecule has 1 aromatic rings. The van der Waals surface area contributed by atoms with Gasteiger partial charge in [0, 0.05) is 11.3 Å². The molecule has 0 saturated heterocycles. The summed E-state index contributed by atoms with van der Waals surface area (Å²) in [5.74, 6) is 0.157. The van der Waals surface area contributed by atoms with Crippen molar-refractivity contribution in [3.63, 3.8) is 0 Å². The summed E-state index contributed by atoms with van der Waals surface area (Å²) in [5.41, 5.74) is 2.81. The molecule has 2 nitrogen and oxygen atoms in total. The standard InChI is InChI=1S/C13H19NOS/c1-3-6-12(15)14-13-9(2)10-7-4-5-8-11(10)16-13/h3-8H2,1-2H3,(H,14,15). The van der Waals surface area contributed by atoms with E-state index in [9.17, 15) is 4.79 Å². The molecular weight excluding hydrogens is 218 g/mol. The first-order valence-corrected chi connectivity index (χ1v) is 6.95. The van der Waals surface area contributed by atoms with Crippen LogP contribution in [0.1, 0.15) is 48.6 Å². The van der Waals surface area contributed by atoms with Crippen LogP contribution in [0, 0.1) is 6.92 Å². The number of anilines is 1. The summed E-state index contributed by atoms with van der Waals surface area (Å²) in [6, 6.07) is 0. The molecule has 1 aromatic heterocycles. The van der Waals surface area contributed by atoms with Crippen LogP contribution in [0.2, 0.25) is 0 Å². The number of rotatable bonds is 3. The fourth-order valence-corrected chi connectivity index (χ4v) is 3.57. The highest BCUT2D eigenvalue weighted by atomic mass is 32.1. The van der Waals surface area contributed by atoms with Gasteiger partial charge in [-0.15, -0.1) is 11.3 Å². The molecule has 0 atom stereocenters.